The molecule has 88 valence electrons. The molecule has 5 nitrogen and oxygen atoms in total. The van der Waals surface area contributed by atoms with Gasteiger partial charge in [0.15, 0.2) is 0 Å². The van der Waals surface area contributed by atoms with Crippen molar-refractivity contribution in [2.75, 3.05) is 20.3 Å². The van der Waals surface area contributed by atoms with Crippen molar-refractivity contribution in [2.45, 2.75) is 26.2 Å². The molecule has 0 spiro atoms. The third kappa shape index (κ3) is 6.90. The van der Waals surface area contributed by atoms with Crippen LogP contribution in [0.5, 0.6) is 0 Å². The largest absolute Gasteiger partial charge is 0.481 e. The summed E-state index contributed by atoms with van der Waals surface area (Å²) in [6.07, 6.45) is 1.65. The molecule has 0 saturated carbocycles. The van der Waals surface area contributed by atoms with Gasteiger partial charge in [0.2, 0.25) is 5.91 Å². The van der Waals surface area contributed by atoms with Crippen molar-refractivity contribution in [3.63, 3.8) is 0 Å². The number of carboxylic acids is 1. The summed E-state index contributed by atoms with van der Waals surface area (Å²) in [7, 11) is 1.52. The summed E-state index contributed by atoms with van der Waals surface area (Å²) in [4.78, 5) is 21.9. The van der Waals surface area contributed by atoms with Crippen molar-refractivity contribution >= 4 is 11.9 Å². The van der Waals surface area contributed by atoms with Gasteiger partial charge in [0.25, 0.3) is 0 Å². The summed E-state index contributed by atoms with van der Waals surface area (Å²) in [5.41, 5.74) is 0. The highest BCUT2D eigenvalue weighted by Gasteiger charge is 2.16. The lowest BCUT2D eigenvalue weighted by Crippen LogP contribution is -2.33. The van der Waals surface area contributed by atoms with E-state index in [9.17, 15) is 9.59 Å². The zero-order chi connectivity index (χ0) is 11.7. The number of ether oxygens (including phenoxy) is 1. The van der Waals surface area contributed by atoms with Crippen molar-refractivity contribution in [3.8, 4) is 0 Å². The van der Waals surface area contributed by atoms with E-state index in [1.54, 1.807) is 0 Å². The van der Waals surface area contributed by atoms with Gasteiger partial charge in [-0.05, 0) is 6.42 Å². The monoisotopic (exact) mass is 217 g/mol. The Kier molecular flexibility index (Phi) is 7.62. The second-order valence-corrected chi connectivity index (χ2v) is 3.37. The first-order chi connectivity index (χ1) is 7.11. The molecule has 0 rings (SSSR count). The highest BCUT2D eigenvalue weighted by atomic mass is 16.5. The van der Waals surface area contributed by atoms with Gasteiger partial charge in [0.05, 0.1) is 12.5 Å². The van der Waals surface area contributed by atoms with E-state index in [1.807, 2.05) is 6.92 Å². The van der Waals surface area contributed by atoms with E-state index in [1.165, 1.54) is 7.11 Å². The first-order valence-corrected chi connectivity index (χ1v) is 5.10. The molecule has 1 amide bonds. The van der Waals surface area contributed by atoms with Crippen LogP contribution in [0.3, 0.4) is 0 Å². The van der Waals surface area contributed by atoms with Gasteiger partial charge in [-0.1, -0.05) is 13.3 Å². The fourth-order valence-corrected chi connectivity index (χ4v) is 1.18. The van der Waals surface area contributed by atoms with Gasteiger partial charge >= 0.3 is 5.97 Å². The lowest BCUT2D eigenvalue weighted by molar-refractivity contribution is -0.141. The molecule has 0 aliphatic rings. The van der Waals surface area contributed by atoms with Crippen LogP contribution in [0.4, 0.5) is 0 Å². The summed E-state index contributed by atoms with van der Waals surface area (Å²) < 4.78 is 4.74. The number of amides is 1. The maximum absolute atomic E-state index is 11.1. The first-order valence-electron chi connectivity index (χ1n) is 5.10. The summed E-state index contributed by atoms with van der Waals surface area (Å²) in [6.45, 7) is 2.48. The summed E-state index contributed by atoms with van der Waals surface area (Å²) in [5.74, 6) is -1.51. The van der Waals surface area contributed by atoms with Crippen LogP contribution in [0.25, 0.3) is 0 Å². The number of carbonyl (C=O) groups is 2. The Hall–Kier alpha value is -1.10. The molecule has 1 atom stereocenters. The summed E-state index contributed by atoms with van der Waals surface area (Å²) >= 11 is 0. The third-order valence-electron chi connectivity index (χ3n) is 2.07. The number of hydrogen-bond acceptors (Lipinski definition) is 3. The molecule has 0 aromatic carbocycles. The fourth-order valence-electron chi connectivity index (χ4n) is 1.18. The minimum atomic E-state index is -0.858. The quantitative estimate of drug-likeness (QED) is 0.625. The Labute approximate surface area is 89.8 Å². The number of rotatable bonds is 8. The number of methoxy groups -OCH3 is 1. The first kappa shape index (κ1) is 13.9. The van der Waals surface area contributed by atoms with Gasteiger partial charge in [0, 0.05) is 20.1 Å². The minimum Gasteiger partial charge on any atom is -0.481 e. The maximum atomic E-state index is 11.1. The molecule has 0 aliphatic carbocycles. The summed E-state index contributed by atoms with van der Waals surface area (Å²) in [6, 6.07) is 0. The van der Waals surface area contributed by atoms with Crippen LogP contribution < -0.4 is 5.32 Å². The number of carbonyl (C=O) groups excluding carboxylic acids is 1. The highest BCUT2D eigenvalue weighted by molar-refractivity contribution is 5.77. The fraction of sp³-hybridized carbons (Fsp3) is 0.800. The van der Waals surface area contributed by atoms with E-state index in [0.29, 0.717) is 13.0 Å². The van der Waals surface area contributed by atoms with Crippen LogP contribution in [-0.2, 0) is 14.3 Å². The molecular weight excluding hydrogens is 198 g/mol. The van der Waals surface area contributed by atoms with Crippen LogP contribution in [0.1, 0.15) is 26.2 Å². The van der Waals surface area contributed by atoms with E-state index in [4.69, 9.17) is 9.84 Å². The molecule has 0 heterocycles. The van der Waals surface area contributed by atoms with Gasteiger partial charge in [0.1, 0.15) is 0 Å². The molecule has 0 fully saturated rings. The van der Waals surface area contributed by atoms with Crippen molar-refractivity contribution in [1.29, 1.82) is 0 Å². The smallest absolute Gasteiger partial charge is 0.308 e. The molecule has 2 N–H and O–H groups in total. The van der Waals surface area contributed by atoms with Crippen LogP contribution in [0.2, 0.25) is 0 Å². The Bertz CT molecular complexity index is 206. The zero-order valence-electron chi connectivity index (χ0n) is 9.28. The molecule has 0 saturated heterocycles. The van der Waals surface area contributed by atoms with Gasteiger partial charge in [-0.25, -0.2) is 0 Å². The Morgan fingerprint density at radius 1 is 1.47 bits per heavy atom. The third-order valence-corrected chi connectivity index (χ3v) is 2.07. The lowest BCUT2D eigenvalue weighted by Gasteiger charge is -2.11. The van der Waals surface area contributed by atoms with Crippen LogP contribution in [0.15, 0.2) is 0 Å². The summed E-state index contributed by atoms with van der Waals surface area (Å²) in [5, 5.41) is 11.4. The molecule has 1 unspecified atom stereocenters. The van der Waals surface area contributed by atoms with Crippen molar-refractivity contribution in [2.24, 2.45) is 5.92 Å². The van der Waals surface area contributed by atoms with Gasteiger partial charge in [-0.3, -0.25) is 9.59 Å². The van der Waals surface area contributed by atoms with Gasteiger partial charge in [-0.15, -0.1) is 0 Å². The van der Waals surface area contributed by atoms with Gasteiger partial charge < -0.3 is 15.2 Å². The molecule has 0 aliphatic heterocycles. The highest BCUT2D eigenvalue weighted by Crippen LogP contribution is 2.04. The predicted octanol–water partition coefficient (Wildman–Crippen LogP) is 0.640. The lowest BCUT2D eigenvalue weighted by atomic mass is 10.0. The second-order valence-electron chi connectivity index (χ2n) is 3.37. The van der Waals surface area contributed by atoms with Crippen LogP contribution in [-0.4, -0.2) is 37.2 Å². The van der Waals surface area contributed by atoms with Crippen LogP contribution in [0, 0.1) is 5.92 Å². The topological polar surface area (TPSA) is 75.6 Å². The number of hydrogen-bond donors (Lipinski definition) is 2. The van der Waals surface area contributed by atoms with Crippen molar-refractivity contribution < 1.29 is 19.4 Å². The van der Waals surface area contributed by atoms with Crippen molar-refractivity contribution in [1.82, 2.24) is 5.32 Å². The average molecular weight is 217 g/mol. The predicted molar refractivity (Wildman–Crippen MR) is 55.5 cm³/mol. The van der Waals surface area contributed by atoms with Gasteiger partial charge in [-0.2, -0.15) is 0 Å². The molecular formula is C10H19NO4. The van der Waals surface area contributed by atoms with Crippen molar-refractivity contribution in [3.05, 3.63) is 0 Å². The number of nitrogens with one attached hydrogen (secondary N) is 1. The second kappa shape index (κ2) is 8.23. The Morgan fingerprint density at radius 2 is 2.13 bits per heavy atom. The van der Waals surface area contributed by atoms with E-state index >= 15 is 0 Å². The van der Waals surface area contributed by atoms with Crippen LogP contribution >= 0.6 is 0 Å². The molecule has 0 aromatic rings. The van der Waals surface area contributed by atoms with E-state index < -0.39 is 11.9 Å². The maximum Gasteiger partial charge on any atom is 0.308 e. The Morgan fingerprint density at radius 3 is 2.60 bits per heavy atom. The number of aliphatic carboxylic acids is 1. The molecule has 0 aromatic heterocycles. The normalized spacial score (nSPS) is 12.1. The molecule has 5 heteroatoms. The van der Waals surface area contributed by atoms with E-state index in [2.05, 4.69) is 5.32 Å². The zero-order valence-corrected chi connectivity index (χ0v) is 9.28. The molecule has 0 radical (unpaired) electrons. The van der Waals surface area contributed by atoms with E-state index in [0.717, 1.165) is 6.42 Å². The Balaban J connectivity index is 3.78. The minimum absolute atomic E-state index is 0.167. The molecule has 15 heavy (non-hydrogen) atoms. The standard InChI is InChI=1S/C10H19NO4/c1-3-4-8(10(13)14)7-11-9(12)5-6-15-2/h8H,3-7H2,1-2H3,(H,11,12)(H,13,14). The number of carboxylic acid groups (broad SMARTS) is 1. The molecule has 0 bridgehead atoms. The average Bonchev–Trinajstić information content (AvgIpc) is 2.20. The SMILES string of the molecule is CCCC(CNC(=O)CCOC)C(=O)O. The van der Waals surface area contributed by atoms with E-state index in [-0.39, 0.29) is 18.9 Å².